The lowest BCUT2D eigenvalue weighted by molar-refractivity contribution is -0.140. The molecule has 37 heavy (non-hydrogen) atoms. The van der Waals surface area contributed by atoms with Crippen LogP contribution in [0.2, 0.25) is 0 Å². The van der Waals surface area contributed by atoms with Crippen molar-refractivity contribution in [3.63, 3.8) is 0 Å². The Kier molecular flexibility index (Phi) is 10.3. The minimum atomic E-state index is -1.03. The minimum Gasteiger partial charge on any atom is -0.508 e. The summed E-state index contributed by atoms with van der Waals surface area (Å²) < 4.78 is 11.1. The standard InChI is InChI=1S/C28H39N3O6/c1-18-15-21(32)16-19(2)23(18)17-24(30-27(35)37-28(4,5)6)26(34)31(20(3)25(29)33)13-10-14-36-22-11-8-7-9-12-22/h7-9,11-12,15-16,20,24,32H,10,13-14,17H2,1-6H3,(H2,29,33)(H,30,35)/t20-,24+/m1/s1. The van der Waals surface area contributed by atoms with E-state index in [-0.39, 0.29) is 18.7 Å². The number of carbonyl (C=O) groups is 3. The molecule has 2 aromatic rings. The Balaban J connectivity index is 2.28. The average Bonchev–Trinajstić information content (AvgIpc) is 2.79. The van der Waals surface area contributed by atoms with E-state index in [4.69, 9.17) is 15.2 Å². The van der Waals surface area contributed by atoms with Crippen molar-refractivity contribution in [3.8, 4) is 11.5 Å². The highest BCUT2D eigenvalue weighted by Crippen LogP contribution is 2.23. The predicted molar refractivity (Wildman–Crippen MR) is 141 cm³/mol. The highest BCUT2D eigenvalue weighted by atomic mass is 16.6. The van der Waals surface area contributed by atoms with Crippen LogP contribution in [0.25, 0.3) is 0 Å². The van der Waals surface area contributed by atoms with Crippen molar-refractivity contribution in [2.45, 2.75) is 72.1 Å². The SMILES string of the molecule is Cc1cc(O)cc(C)c1C[C@H](NC(=O)OC(C)(C)C)C(=O)N(CCCOc1ccccc1)[C@H](C)C(N)=O. The molecule has 4 N–H and O–H groups in total. The first kappa shape index (κ1) is 29.5. The maximum Gasteiger partial charge on any atom is 0.408 e. The monoisotopic (exact) mass is 513 g/mol. The van der Waals surface area contributed by atoms with E-state index >= 15 is 0 Å². The number of phenols is 1. The second kappa shape index (κ2) is 13.0. The second-order valence-electron chi connectivity index (χ2n) is 10.1. The van der Waals surface area contributed by atoms with Crippen LogP contribution >= 0.6 is 0 Å². The average molecular weight is 514 g/mol. The molecule has 0 aromatic heterocycles. The molecule has 0 fully saturated rings. The third kappa shape index (κ3) is 9.33. The highest BCUT2D eigenvalue weighted by molar-refractivity contribution is 5.91. The van der Waals surface area contributed by atoms with Crippen LogP contribution in [0.4, 0.5) is 4.79 Å². The topological polar surface area (TPSA) is 131 Å². The van der Waals surface area contributed by atoms with Crippen molar-refractivity contribution >= 4 is 17.9 Å². The van der Waals surface area contributed by atoms with Crippen molar-refractivity contribution in [2.24, 2.45) is 5.73 Å². The van der Waals surface area contributed by atoms with Crippen molar-refractivity contribution in [1.82, 2.24) is 10.2 Å². The van der Waals surface area contributed by atoms with Gasteiger partial charge in [-0.1, -0.05) is 18.2 Å². The molecule has 0 spiro atoms. The Bertz CT molecular complexity index is 1060. The van der Waals surface area contributed by atoms with Gasteiger partial charge in [0.15, 0.2) is 0 Å². The first-order chi connectivity index (χ1) is 17.3. The van der Waals surface area contributed by atoms with Gasteiger partial charge in [0.1, 0.15) is 29.2 Å². The predicted octanol–water partition coefficient (Wildman–Crippen LogP) is 3.62. The van der Waals surface area contributed by atoms with Crippen LogP contribution in [0, 0.1) is 13.8 Å². The third-order valence-corrected chi connectivity index (χ3v) is 5.80. The van der Waals surface area contributed by atoms with Gasteiger partial charge in [0.2, 0.25) is 11.8 Å². The summed E-state index contributed by atoms with van der Waals surface area (Å²) in [5.41, 5.74) is 7.14. The summed E-state index contributed by atoms with van der Waals surface area (Å²) in [6.45, 7) is 10.9. The molecule has 0 unspecified atom stereocenters. The van der Waals surface area contributed by atoms with Crippen LogP contribution in [-0.2, 0) is 20.7 Å². The zero-order valence-electron chi connectivity index (χ0n) is 22.5. The van der Waals surface area contributed by atoms with Crippen LogP contribution in [0.5, 0.6) is 11.5 Å². The summed E-state index contributed by atoms with van der Waals surface area (Å²) in [6, 6.07) is 10.5. The van der Waals surface area contributed by atoms with Crippen molar-refractivity contribution in [3.05, 3.63) is 59.2 Å². The Hall–Kier alpha value is -3.75. The Morgan fingerprint density at radius 2 is 1.68 bits per heavy atom. The summed E-state index contributed by atoms with van der Waals surface area (Å²) >= 11 is 0. The van der Waals surface area contributed by atoms with Crippen LogP contribution in [0.1, 0.15) is 50.8 Å². The number of primary amides is 1. The Morgan fingerprint density at radius 3 is 2.22 bits per heavy atom. The zero-order chi connectivity index (χ0) is 27.8. The van der Waals surface area contributed by atoms with Crippen LogP contribution in [0.3, 0.4) is 0 Å². The van der Waals surface area contributed by atoms with E-state index in [0.717, 1.165) is 16.7 Å². The number of alkyl carbamates (subject to hydrolysis) is 1. The number of hydrogen-bond acceptors (Lipinski definition) is 6. The Morgan fingerprint density at radius 1 is 1.08 bits per heavy atom. The number of amides is 3. The third-order valence-electron chi connectivity index (χ3n) is 5.80. The number of benzene rings is 2. The van der Waals surface area contributed by atoms with Gasteiger partial charge in [0, 0.05) is 13.0 Å². The van der Waals surface area contributed by atoms with E-state index in [9.17, 15) is 19.5 Å². The van der Waals surface area contributed by atoms with Crippen LogP contribution < -0.4 is 15.8 Å². The molecule has 9 heteroatoms. The van der Waals surface area contributed by atoms with Crippen molar-refractivity contribution < 1.29 is 29.0 Å². The van der Waals surface area contributed by atoms with Crippen LogP contribution in [-0.4, -0.2) is 58.8 Å². The zero-order valence-corrected chi connectivity index (χ0v) is 22.5. The normalized spacial score (nSPS) is 12.8. The molecule has 2 aromatic carbocycles. The van der Waals surface area contributed by atoms with E-state index in [0.29, 0.717) is 18.8 Å². The van der Waals surface area contributed by atoms with E-state index < -0.39 is 35.6 Å². The summed E-state index contributed by atoms with van der Waals surface area (Å²) in [7, 11) is 0. The molecule has 0 aliphatic heterocycles. The molecule has 0 saturated heterocycles. The number of ether oxygens (including phenoxy) is 2. The van der Waals surface area contributed by atoms with Gasteiger partial charge in [0.05, 0.1) is 6.61 Å². The molecule has 0 bridgehead atoms. The van der Waals surface area contributed by atoms with Gasteiger partial charge < -0.3 is 30.5 Å². The summed E-state index contributed by atoms with van der Waals surface area (Å²) in [5, 5.41) is 12.6. The van der Waals surface area contributed by atoms with Gasteiger partial charge in [-0.15, -0.1) is 0 Å². The molecular formula is C28H39N3O6. The van der Waals surface area contributed by atoms with Gasteiger partial charge in [-0.25, -0.2) is 4.79 Å². The number of aryl methyl sites for hydroxylation is 2. The highest BCUT2D eigenvalue weighted by Gasteiger charge is 2.33. The largest absolute Gasteiger partial charge is 0.508 e. The van der Waals surface area contributed by atoms with Crippen molar-refractivity contribution in [2.75, 3.05) is 13.2 Å². The van der Waals surface area contributed by atoms with Gasteiger partial charge in [-0.2, -0.15) is 0 Å². The molecule has 0 aliphatic rings. The Labute approximate surface area is 218 Å². The number of nitrogens with zero attached hydrogens (tertiary/aromatic N) is 1. The number of para-hydroxylation sites is 1. The molecule has 9 nitrogen and oxygen atoms in total. The fourth-order valence-electron chi connectivity index (χ4n) is 3.94. The smallest absolute Gasteiger partial charge is 0.408 e. The lowest BCUT2D eigenvalue weighted by Crippen LogP contribution is -2.55. The van der Waals surface area contributed by atoms with E-state index in [1.54, 1.807) is 39.8 Å². The summed E-state index contributed by atoms with van der Waals surface area (Å²) in [4.78, 5) is 39.9. The molecule has 0 saturated carbocycles. The number of rotatable bonds is 11. The lowest BCUT2D eigenvalue weighted by atomic mass is 9.95. The molecule has 2 rings (SSSR count). The number of hydrogen-bond donors (Lipinski definition) is 3. The molecular weight excluding hydrogens is 474 g/mol. The number of aromatic hydroxyl groups is 1. The minimum absolute atomic E-state index is 0.115. The maximum atomic E-state index is 13.8. The molecule has 0 aliphatic carbocycles. The van der Waals surface area contributed by atoms with Gasteiger partial charge >= 0.3 is 6.09 Å². The van der Waals surface area contributed by atoms with Gasteiger partial charge in [-0.05, 0) is 88.9 Å². The first-order valence-corrected chi connectivity index (χ1v) is 12.3. The van der Waals surface area contributed by atoms with E-state index in [2.05, 4.69) is 5.32 Å². The fraction of sp³-hybridized carbons (Fsp3) is 0.464. The fourth-order valence-corrected chi connectivity index (χ4v) is 3.94. The lowest BCUT2D eigenvalue weighted by Gasteiger charge is -2.32. The van der Waals surface area contributed by atoms with Crippen LogP contribution in [0.15, 0.2) is 42.5 Å². The first-order valence-electron chi connectivity index (χ1n) is 12.3. The molecule has 3 amide bonds. The molecule has 2 atom stereocenters. The summed E-state index contributed by atoms with van der Waals surface area (Å²) in [6.07, 6.45) is -0.174. The molecule has 202 valence electrons. The van der Waals surface area contributed by atoms with Crippen molar-refractivity contribution in [1.29, 1.82) is 0 Å². The van der Waals surface area contributed by atoms with Gasteiger partial charge in [-0.3, -0.25) is 9.59 Å². The summed E-state index contributed by atoms with van der Waals surface area (Å²) in [5.74, 6) is -0.315. The number of nitrogens with one attached hydrogen (secondary N) is 1. The van der Waals surface area contributed by atoms with E-state index in [1.165, 1.54) is 4.90 Å². The molecule has 0 radical (unpaired) electrons. The maximum absolute atomic E-state index is 13.8. The number of phenolic OH excluding ortho intramolecular Hbond substituents is 1. The molecule has 0 heterocycles. The number of carbonyl (C=O) groups excluding carboxylic acids is 3. The quantitative estimate of drug-likeness (QED) is 0.393. The number of nitrogens with two attached hydrogens (primary N) is 1. The van der Waals surface area contributed by atoms with Gasteiger partial charge in [0.25, 0.3) is 0 Å². The van der Waals surface area contributed by atoms with E-state index in [1.807, 2.05) is 44.2 Å². The second-order valence-corrected chi connectivity index (χ2v) is 10.1.